The van der Waals surface area contributed by atoms with E-state index in [1.165, 1.54) is 11.3 Å². The zero-order valence-corrected chi connectivity index (χ0v) is 13.5. The van der Waals surface area contributed by atoms with E-state index < -0.39 is 11.9 Å². The molecule has 6 nitrogen and oxygen atoms in total. The molecule has 1 amide bonds. The molecule has 2 atom stereocenters. The molecule has 1 N–H and O–H groups in total. The second-order valence-electron chi connectivity index (χ2n) is 5.65. The Morgan fingerprint density at radius 2 is 2.26 bits per heavy atom. The summed E-state index contributed by atoms with van der Waals surface area (Å²) in [6.07, 6.45) is 5.07. The predicted molar refractivity (Wildman–Crippen MR) is 86.0 cm³/mol. The van der Waals surface area contributed by atoms with Gasteiger partial charge in [-0.1, -0.05) is 6.07 Å². The lowest BCUT2D eigenvalue weighted by molar-refractivity contribution is -0.152. The number of carbonyl (C=O) groups excluding carboxylic acids is 1. The van der Waals surface area contributed by atoms with Gasteiger partial charge in [-0.3, -0.25) is 14.3 Å². The zero-order chi connectivity index (χ0) is 16.2. The highest BCUT2D eigenvalue weighted by Gasteiger charge is 2.40. The first-order valence-electron chi connectivity index (χ1n) is 7.70. The van der Waals surface area contributed by atoms with Crippen molar-refractivity contribution in [3.05, 3.63) is 40.8 Å². The first kappa shape index (κ1) is 15.7. The number of carboxylic acids is 1. The fourth-order valence-electron chi connectivity index (χ4n) is 3.12. The topological polar surface area (TPSA) is 75.4 Å². The van der Waals surface area contributed by atoms with E-state index in [4.69, 9.17) is 0 Å². The molecule has 0 radical (unpaired) electrons. The number of aromatic nitrogens is 2. The molecule has 1 fully saturated rings. The van der Waals surface area contributed by atoms with Gasteiger partial charge in [-0.15, -0.1) is 11.3 Å². The highest BCUT2D eigenvalue weighted by molar-refractivity contribution is 7.10. The van der Waals surface area contributed by atoms with E-state index in [0.29, 0.717) is 25.9 Å². The number of carbonyl (C=O) groups is 2. The SMILES string of the molecule is O=C(O)[C@H]1CCC(=O)N(CCCn2cccn2)[C@H]1c1cccs1. The first-order chi connectivity index (χ1) is 11.2. The van der Waals surface area contributed by atoms with Gasteiger partial charge in [0.2, 0.25) is 5.91 Å². The number of thiophene rings is 1. The summed E-state index contributed by atoms with van der Waals surface area (Å²) in [7, 11) is 0. The Bertz CT molecular complexity index is 654. The molecule has 0 aliphatic carbocycles. The molecule has 0 unspecified atom stereocenters. The van der Waals surface area contributed by atoms with Crippen LogP contribution in [0.15, 0.2) is 36.0 Å². The minimum atomic E-state index is -0.826. The monoisotopic (exact) mass is 333 g/mol. The summed E-state index contributed by atoms with van der Waals surface area (Å²) in [6.45, 7) is 1.26. The third kappa shape index (κ3) is 3.44. The second-order valence-corrected chi connectivity index (χ2v) is 6.63. The standard InChI is InChI=1S/C16H19N3O3S/c20-14-6-5-12(16(21)22)15(13-4-1-11-23-13)19(14)10-3-9-18-8-2-7-17-18/h1-2,4,7-8,11-12,15H,3,5-6,9-10H2,(H,21,22)/t12-,15+/m0/s1. The van der Waals surface area contributed by atoms with Crippen molar-refractivity contribution >= 4 is 23.2 Å². The summed E-state index contributed by atoms with van der Waals surface area (Å²) < 4.78 is 1.82. The Kier molecular flexibility index (Phi) is 4.76. The molecular weight excluding hydrogens is 314 g/mol. The van der Waals surface area contributed by atoms with E-state index in [9.17, 15) is 14.7 Å². The van der Waals surface area contributed by atoms with Gasteiger partial charge in [-0.2, -0.15) is 5.10 Å². The van der Waals surface area contributed by atoms with Crippen LogP contribution in [0.1, 0.15) is 30.2 Å². The van der Waals surface area contributed by atoms with Gasteiger partial charge in [-0.05, 0) is 30.4 Å². The quantitative estimate of drug-likeness (QED) is 0.881. The zero-order valence-electron chi connectivity index (χ0n) is 12.7. The van der Waals surface area contributed by atoms with Crippen LogP contribution in [-0.2, 0) is 16.1 Å². The number of piperidine rings is 1. The van der Waals surface area contributed by atoms with Gasteiger partial charge in [0.15, 0.2) is 0 Å². The van der Waals surface area contributed by atoms with Crippen LogP contribution in [0.3, 0.4) is 0 Å². The lowest BCUT2D eigenvalue weighted by Gasteiger charge is -2.39. The third-order valence-electron chi connectivity index (χ3n) is 4.20. The van der Waals surface area contributed by atoms with E-state index in [0.717, 1.165) is 11.3 Å². The van der Waals surface area contributed by atoms with E-state index in [2.05, 4.69) is 5.10 Å². The Morgan fingerprint density at radius 1 is 1.39 bits per heavy atom. The predicted octanol–water partition coefficient (Wildman–Crippen LogP) is 2.40. The Hall–Kier alpha value is -2.15. The van der Waals surface area contributed by atoms with E-state index >= 15 is 0 Å². The summed E-state index contributed by atoms with van der Waals surface area (Å²) >= 11 is 1.51. The lowest BCUT2D eigenvalue weighted by Crippen LogP contribution is -2.45. The molecule has 1 saturated heterocycles. The van der Waals surface area contributed by atoms with Crippen LogP contribution < -0.4 is 0 Å². The van der Waals surface area contributed by atoms with Gasteiger partial charge in [0, 0.05) is 36.8 Å². The lowest BCUT2D eigenvalue weighted by atomic mass is 9.87. The molecule has 3 heterocycles. The number of hydrogen-bond donors (Lipinski definition) is 1. The fraction of sp³-hybridized carbons (Fsp3) is 0.438. The molecule has 2 aromatic heterocycles. The summed E-state index contributed by atoms with van der Waals surface area (Å²) in [5.41, 5.74) is 0. The third-order valence-corrected chi connectivity index (χ3v) is 5.15. The van der Waals surface area contributed by atoms with Crippen molar-refractivity contribution in [1.29, 1.82) is 0 Å². The maximum absolute atomic E-state index is 12.4. The maximum Gasteiger partial charge on any atom is 0.308 e. The smallest absolute Gasteiger partial charge is 0.308 e. The summed E-state index contributed by atoms with van der Waals surface area (Å²) in [4.78, 5) is 26.7. The molecule has 23 heavy (non-hydrogen) atoms. The molecule has 122 valence electrons. The van der Waals surface area contributed by atoms with Gasteiger partial charge < -0.3 is 10.0 Å². The molecule has 0 bridgehead atoms. The van der Waals surface area contributed by atoms with Gasteiger partial charge in [0.25, 0.3) is 0 Å². The molecular formula is C16H19N3O3S. The van der Waals surface area contributed by atoms with Crippen molar-refractivity contribution in [3.63, 3.8) is 0 Å². The van der Waals surface area contributed by atoms with Crippen molar-refractivity contribution in [3.8, 4) is 0 Å². The molecule has 3 rings (SSSR count). The maximum atomic E-state index is 12.4. The average Bonchev–Trinajstić information content (AvgIpc) is 3.21. The van der Waals surface area contributed by atoms with Crippen LogP contribution >= 0.6 is 11.3 Å². The number of aryl methyl sites for hydroxylation is 1. The van der Waals surface area contributed by atoms with Gasteiger partial charge in [0.05, 0.1) is 12.0 Å². The summed E-state index contributed by atoms with van der Waals surface area (Å²) in [5, 5.41) is 15.6. The van der Waals surface area contributed by atoms with Gasteiger partial charge in [-0.25, -0.2) is 0 Å². The normalized spacial score (nSPS) is 21.6. The Morgan fingerprint density at radius 3 is 2.91 bits per heavy atom. The molecule has 1 aliphatic rings. The molecule has 0 aromatic carbocycles. The largest absolute Gasteiger partial charge is 0.481 e. The van der Waals surface area contributed by atoms with Crippen molar-refractivity contribution in [2.45, 2.75) is 31.8 Å². The molecule has 0 spiro atoms. The van der Waals surface area contributed by atoms with Crippen molar-refractivity contribution in [1.82, 2.24) is 14.7 Å². The fourth-order valence-corrected chi connectivity index (χ4v) is 4.02. The van der Waals surface area contributed by atoms with Crippen LogP contribution in [0.25, 0.3) is 0 Å². The van der Waals surface area contributed by atoms with Crippen LogP contribution in [0.4, 0.5) is 0 Å². The van der Waals surface area contributed by atoms with Crippen LogP contribution in [-0.4, -0.2) is 38.2 Å². The second kappa shape index (κ2) is 6.95. The number of amides is 1. The average molecular weight is 333 g/mol. The molecule has 2 aromatic rings. The number of hydrogen-bond acceptors (Lipinski definition) is 4. The van der Waals surface area contributed by atoms with E-state index in [-0.39, 0.29) is 11.9 Å². The van der Waals surface area contributed by atoms with Crippen molar-refractivity contribution in [2.75, 3.05) is 6.54 Å². The number of aliphatic carboxylic acids is 1. The van der Waals surface area contributed by atoms with Gasteiger partial charge >= 0.3 is 5.97 Å². The molecule has 0 saturated carbocycles. The van der Waals surface area contributed by atoms with Crippen molar-refractivity contribution < 1.29 is 14.7 Å². The number of likely N-dealkylation sites (tertiary alicyclic amines) is 1. The first-order valence-corrected chi connectivity index (χ1v) is 8.58. The minimum Gasteiger partial charge on any atom is -0.481 e. The Labute approximate surface area is 138 Å². The molecule has 7 heteroatoms. The highest BCUT2D eigenvalue weighted by atomic mass is 32.1. The number of rotatable bonds is 6. The molecule has 1 aliphatic heterocycles. The number of carboxylic acid groups (broad SMARTS) is 1. The summed E-state index contributed by atoms with van der Waals surface area (Å²) in [5.74, 6) is -1.31. The minimum absolute atomic E-state index is 0.0429. The van der Waals surface area contributed by atoms with Crippen molar-refractivity contribution in [2.24, 2.45) is 5.92 Å². The van der Waals surface area contributed by atoms with E-state index in [1.807, 2.05) is 34.5 Å². The van der Waals surface area contributed by atoms with Crippen LogP contribution in [0.5, 0.6) is 0 Å². The Balaban J connectivity index is 1.75. The van der Waals surface area contributed by atoms with Crippen LogP contribution in [0.2, 0.25) is 0 Å². The highest BCUT2D eigenvalue weighted by Crippen LogP contribution is 2.38. The summed E-state index contributed by atoms with van der Waals surface area (Å²) in [6, 6.07) is 5.33. The number of nitrogens with zero attached hydrogens (tertiary/aromatic N) is 3. The van der Waals surface area contributed by atoms with E-state index in [1.54, 1.807) is 11.1 Å². The van der Waals surface area contributed by atoms with Gasteiger partial charge in [0.1, 0.15) is 0 Å². The van der Waals surface area contributed by atoms with Crippen LogP contribution in [0, 0.1) is 5.92 Å².